The highest BCUT2D eigenvalue weighted by atomic mass is 32.2. The molecule has 0 heterocycles. The third kappa shape index (κ3) is 12.1. The average Bonchev–Trinajstić information content (AvgIpc) is 2.96. The Bertz CT molecular complexity index is 734. The van der Waals surface area contributed by atoms with Crippen LogP contribution in [0.5, 0.6) is 0 Å². The number of unbranched alkanes of at least 4 members (excludes halogenated alkanes) is 1. The van der Waals surface area contributed by atoms with E-state index in [0.29, 0.717) is 43.7 Å². The molecule has 0 atom stereocenters. The third-order valence-electron chi connectivity index (χ3n) is 4.44. The number of nitrogens with two attached hydrogens (primary N) is 2. The smallest absolute Gasteiger partial charge is 0.406 e. The molecule has 1 aliphatic carbocycles. The van der Waals surface area contributed by atoms with Crippen LogP contribution in [0.1, 0.15) is 45.4 Å². The first-order valence-electron chi connectivity index (χ1n) is 10.2. The van der Waals surface area contributed by atoms with Gasteiger partial charge >= 0.3 is 6.36 Å². The summed E-state index contributed by atoms with van der Waals surface area (Å²) >= 11 is 1.40. The highest BCUT2D eigenvalue weighted by molar-refractivity contribution is 8.13. The fourth-order valence-electron chi connectivity index (χ4n) is 2.81. The van der Waals surface area contributed by atoms with Crippen molar-refractivity contribution in [2.45, 2.75) is 51.8 Å². The number of rotatable bonds is 13. The Labute approximate surface area is 190 Å². The SMILES string of the molecule is C/C(CCCC/C(=N/N)SCN)=C(/F)N(C)NNCCC1=CC=CC(OC(F)(F)F)=CC1. The summed E-state index contributed by atoms with van der Waals surface area (Å²) in [5.74, 6) is 5.10. The number of nitrogens with one attached hydrogen (secondary N) is 2. The molecule has 12 heteroatoms. The molecule has 0 spiro atoms. The summed E-state index contributed by atoms with van der Waals surface area (Å²) in [4.78, 5) is 0. The number of hydrogen-bond acceptors (Lipinski definition) is 8. The number of nitrogens with zero attached hydrogens (tertiary/aromatic N) is 2. The van der Waals surface area contributed by atoms with Gasteiger partial charge < -0.3 is 16.3 Å². The molecular formula is C20H32F4N6OS. The lowest BCUT2D eigenvalue weighted by Gasteiger charge is -2.20. The molecule has 6 N–H and O–H groups in total. The zero-order valence-corrected chi connectivity index (χ0v) is 19.2. The molecule has 0 aromatic rings. The van der Waals surface area contributed by atoms with Crippen molar-refractivity contribution >= 4 is 16.8 Å². The second-order valence-corrected chi connectivity index (χ2v) is 8.10. The van der Waals surface area contributed by atoms with Crippen LogP contribution >= 0.6 is 11.8 Å². The summed E-state index contributed by atoms with van der Waals surface area (Å²) in [6.07, 6.45) is 5.03. The van der Waals surface area contributed by atoms with Crippen LogP contribution in [0.4, 0.5) is 17.6 Å². The first-order valence-corrected chi connectivity index (χ1v) is 11.1. The molecule has 7 nitrogen and oxygen atoms in total. The number of hydrazine groups is 2. The minimum atomic E-state index is -4.71. The van der Waals surface area contributed by atoms with Crippen molar-refractivity contribution in [3.8, 4) is 0 Å². The third-order valence-corrected chi connectivity index (χ3v) is 5.25. The number of ether oxygens (including phenoxy) is 1. The molecule has 0 aliphatic heterocycles. The van der Waals surface area contributed by atoms with Crippen LogP contribution < -0.4 is 22.5 Å². The Morgan fingerprint density at radius 2 is 2.03 bits per heavy atom. The Hall–Kier alpha value is -2.02. The van der Waals surface area contributed by atoms with Gasteiger partial charge in [-0.05, 0) is 63.2 Å². The maximum absolute atomic E-state index is 14.5. The van der Waals surface area contributed by atoms with Crippen LogP contribution in [0.3, 0.4) is 0 Å². The molecule has 0 saturated heterocycles. The topological polar surface area (TPSA) is 101 Å². The van der Waals surface area contributed by atoms with Gasteiger partial charge in [0.1, 0.15) is 5.76 Å². The van der Waals surface area contributed by atoms with Gasteiger partial charge in [-0.15, -0.1) is 13.2 Å². The standard InChI is InChI=1S/C20H32F4N6OS/c1-15(6-3-4-9-18(28-26)32-14-25)19(21)30(2)29-27-13-12-16-7-5-8-17(11-10-16)31-20(22,23)24/h5,7-8,11,27,29H,3-4,6,9-10,12-14,25-26H2,1-2H3/b19-15+,28-18-. The molecule has 0 aromatic carbocycles. The van der Waals surface area contributed by atoms with E-state index in [1.54, 1.807) is 20.0 Å². The average molecular weight is 481 g/mol. The number of allylic oxidation sites excluding steroid dienone is 5. The van der Waals surface area contributed by atoms with Gasteiger partial charge in [0.2, 0.25) is 5.95 Å². The normalized spacial score (nSPS) is 15.7. The van der Waals surface area contributed by atoms with Gasteiger partial charge in [-0.2, -0.15) is 15.0 Å². The first-order chi connectivity index (χ1) is 15.2. The molecule has 0 radical (unpaired) electrons. The summed E-state index contributed by atoms with van der Waals surface area (Å²) in [6, 6.07) is 0. The number of alkyl halides is 3. The first kappa shape index (κ1) is 28.0. The zero-order chi connectivity index (χ0) is 24.0. The van der Waals surface area contributed by atoms with Crippen LogP contribution in [-0.2, 0) is 4.74 Å². The lowest BCUT2D eigenvalue weighted by Crippen LogP contribution is -2.44. The van der Waals surface area contributed by atoms with E-state index in [1.165, 1.54) is 35.0 Å². The quantitative estimate of drug-likeness (QED) is 0.0456. The van der Waals surface area contributed by atoms with Crippen molar-refractivity contribution in [3.05, 3.63) is 47.2 Å². The summed E-state index contributed by atoms with van der Waals surface area (Å²) in [5, 5.41) is 5.72. The zero-order valence-electron chi connectivity index (χ0n) is 18.3. The summed E-state index contributed by atoms with van der Waals surface area (Å²) in [6.45, 7) is 2.19. The summed E-state index contributed by atoms with van der Waals surface area (Å²) in [7, 11) is 1.56. The molecule has 0 bridgehead atoms. The second-order valence-electron chi connectivity index (χ2n) is 7.00. The van der Waals surface area contributed by atoms with E-state index in [9.17, 15) is 17.6 Å². The summed E-state index contributed by atoms with van der Waals surface area (Å²) in [5.41, 5.74) is 12.6. The molecule has 0 unspecified atom stereocenters. The van der Waals surface area contributed by atoms with E-state index >= 15 is 0 Å². The largest absolute Gasteiger partial charge is 0.573 e. The minimum Gasteiger partial charge on any atom is -0.406 e. The molecule has 1 rings (SSSR count). The summed E-state index contributed by atoms with van der Waals surface area (Å²) < 4.78 is 55.3. The fraction of sp³-hybridized carbons (Fsp3) is 0.550. The van der Waals surface area contributed by atoms with Gasteiger partial charge in [-0.3, -0.25) is 5.01 Å². The van der Waals surface area contributed by atoms with Gasteiger partial charge in [0.15, 0.2) is 0 Å². The molecule has 0 saturated carbocycles. The van der Waals surface area contributed by atoms with E-state index < -0.39 is 6.36 Å². The predicted molar refractivity (Wildman–Crippen MR) is 121 cm³/mol. The van der Waals surface area contributed by atoms with Crippen molar-refractivity contribution in [1.29, 1.82) is 0 Å². The van der Waals surface area contributed by atoms with Crippen molar-refractivity contribution in [2.75, 3.05) is 19.5 Å². The van der Waals surface area contributed by atoms with Crippen LogP contribution in [0.2, 0.25) is 0 Å². The number of hydrazone groups is 1. The van der Waals surface area contributed by atoms with E-state index in [2.05, 4.69) is 20.8 Å². The van der Waals surface area contributed by atoms with E-state index in [0.717, 1.165) is 23.5 Å². The number of hydrogen-bond donors (Lipinski definition) is 4. The second kappa shape index (κ2) is 14.9. The minimum absolute atomic E-state index is 0.234. The van der Waals surface area contributed by atoms with Crippen LogP contribution in [0.25, 0.3) is 0 Å². The molecule has 0 amide bonds. The fourth-order valence-corrected chi connectivity index (χ4v) is 3.37. The maximum atomic E-state index is 14.5. The van der Waals surface area contributed by atoms with Gasteiger partial charge in [0, 0.05) is 19.5 Å². The molecule has 0 aromatic heterocycles. The Balaban J connectivity index is 2.32. The van der Waals surface area contributed by atoms with Crippen molar-refractivity contribution in [3.63, 3.8) is 0 Å². The van der Waals surface area contributed by atoms with Crippen LogP contribution in [-0.4, -0.2) is 35.9 Å². The Morgan fingerprint density at radius 3 is 2.69 bits per heavy atom. The lowest BCUT2D eigenvalue weighted by atomic mass is 10.1. The van der Waals surface area contributed by atoms with Crippen molar-refractivity contribution in [2.24, 2.45) is 16.7 Å². The van der Waals surface area contributed by atoms with Gasteiger partial charge in [-0.1, -0.05) is 29.5 Å². The molecule has 0 fully saturated rings. The number of thioether (sulfide) groups is 1. The highest BCUT2D eigenvalue weighted by Gasteiger charge is 2.31. The monoisotopic (exact) mass is 480 g/mol. The van der Waals surface area contributed by atoms with E-state index in [-0.39, 0.29) is 11.7 Å². The Morgan fingerprint density at radius 1 is 1.31 bits per heavy atom. The highest BCUT2D eigenvalue weighted by Crippen LogP contribution is 2.24. The van der Waals surface area contributed by atoms with Crippen molar-refractivity contribution in [1.82, 2.24) is 16.0 Å². The van der Waals surface area contributed by atoms with Crippen LogP contribution in [0, 0.1) is 0 Å². The van der Waals surface area contributed by atoms with Gasteiger partial charge in [0.25, 0.3) is 0 Å². The molecule has 182 valence electrons. The van der Waals surface area contributed by atoms with Crippen molar-refractivity contribution < 1.29 is 22.3 Å². The van der Waals surface area contributed by atoms with E-state index in [1.807, 2.05) is 0 Å². The Kier molecular flexibility index (Phi) is 13.1. The van der Waals surface area contributed by atoms with Crippen LogP contribution in [0.15, 0.2) is 52.3 Å². The van der Waals surface area contributed by atoms with E-state index in [4.69, 9.17) is 11.6 Å². The lowest BCUT2D eigenvalue weighted by molar-refractivity contribution is -0.303. The molecular weight excluding hydrogens is 448 g/mol. The number of halogens is 4. The van der Waals surface area contributed by atoms with Gasteiger partial charge in [0.05, 0.1) is 5.04 Å². The predicted octanol–water partition coefficient (Wildman–Crippen LogP) is 4.31. The van der Waals surface area contributed by atoms with Gasteiger partial charge in [-0.25, -0.2) is 5.43 Å². The molecule has 32 heavy (non-hydrogen) atoms. The molecule has 1 aliphatic rings. The maximum Gasteiger partial charge on any atom is 0.573 e.